The normalized spacial score (nSPS) is 6.90. The Morgan fingerprint density at radius 1 is 1.40 bits per heavy atom. The first-order valence-electron chi connectivity index (χ1n) is 2.54. The highest BCUT2D eigenvalue weighted by molar-refractivity contribution is 14.1. The molecule has 0 aromatic heterocycles. The lowest BCUT2D eigenvalue weighted by atomic mass is 10.1. The molecule has 0 aromatic rings. The zero-order valence-corrected chi connectivity index (χ0v) is 8.61. The summed E-state index contributed by atoms with van der Waals surface area (Å²) in [4.78, 5) is 0. The van der Waals surface area contributed by atoms with E-state index in [2.05, 4.69) is 45.4 Å². The first-order chi connectivity index (χ1) is 4.76. The highest BCUT2D eigenvalue weighted by atomic mass is 127. The van der Waals surface area contributed by atoms with Crippen molar-refractivity contribution in [2.45, 2.75) is 6.92 Å². The molecule has 0 nitrogen and oxygen atoms in total. The van der Waals surface area contributed by atoms with E-state index in [1.807, 2.05) is 0 Å². The fourth-order valence-corrected chi connectivity index (χ4v) is 2.22. The molecule has 0 unspecified atom stereocenters. The van der Waals surface area contributed by atoms with Gasteiger partial charge in [-0.15, -0.1) is 47.0 Å². The molecule has 0 saturated carbocycles. The Bertz CT molecular complexity index is 223. The van der Waals surface area contributed by atoms with Gasteiger partial charge in [0.2, 0.25) is 0 Å². The molecule has 0 rings (SSSR count). The van der Waals surface area contributed by atoms with E-state index < -0.39 is 7.80 Å². The SMILES string of the molecule is C#CP(C#C)B(I)C#CC. The van der Waals surface area contributed by atoms with Gasteiger partial charge in [-0.3, -0.25) is 0 Å². The van der Waals surface area contributed by atoms with Crippen LogP contribution in [0.25, 0.3) is 0 Å². The van der Waals surface area contributed by atoms with Crippen molar-refractivity contribution in [2.24, 2.45) is 0 Å². The van der Waals surface area contributed by atoms with Gasteiger partial charge in [-0.1, -0.05) is 11.3 Å². The summed E-state index contributed by atoms with van der Waals surface area (Å²) in [6.07, 6.45) is 10.4. The number of hydrogen-bond donors (Lipinski definition) is 0. The second-order valence-corrected chi connectivity index (χ2v) is 5.36. The molecule has 0 bridgehead atoms. The summed E-state index contributed by atoms with van der Waals surface area (Å²) < 4.78 is 0.146. The maximum Gasteiger partial charge on any atom is 0.353 e. The van der Waals surface area contributed by atoms with E-state index in [4.69, 9.17) is 12.8 Å². The van der Waals surface area contributed by atoms with Crippen LogP contribution < -0.4 is 0 Å². The molecule has 0 aliphatic heterocycles. The van der Waals surface area contributed by atoms with Gasteiger partial charge < -0.3 is 0 Å². The van der Waals surface area contributed by atoms with E-state index >= 15 is 0 Å². The van der Waals surface area contributed by atoms with Crippen LogP contribution in [-0.4, -0.2) is 4.29 Å². The first-order valence-corrected chi connectivity index (χ1v) is 5.20. The average molecular weight is 258 g/mol. The van der Waals surface area contributed by atoms with E-state index in [0.717, 1.165) is 0 Å². The van der Waals surface area contributed by atoms with Crippen molar-refractivity contribution in [3.05, 3.63) is 0 Å². The van der Waals surface area contributed by atoms with Crippen LogP contribution in [0, 0.1) is 35.9 Å². The fraction of sp³-hybridized carbons (Fsp3) is 0.143. The van der Waals surface area contributed by atoms with Crippen LogP contribution in [0.15, 0.2) is 0 Å². The second kappa shape index (κ2) is 5.67. The molecule has 0 aliphatic rings. The molecule has 10 heavy (non-hydrogen) atoms. The minimum absolute atomic E-state index is 0.146. The summed E-state index contributed by atoms with van der Waals surface area (Å²) in [6.45, 7) is 1.78. The summed E-state index contributed by atoms with van der Waals surface area (Å²) in [5.74, 6) is 5.71. The maximum atomic E-state index is 5.18. The summed E-state index contributed by atoms with van der Waals surface area (Å²) >= 11 is 2.17. The van der Waals surface area contributed by atoms with Gasteiger partial charge in [0.25, 0.3) is 0 Å². The van der Waals surface area contributed by atoms with Gasteiger partial charge >= 0.3 is 4.29 Å². The molecule has 0 amide bonds. The topological polar surface area (TPSA) is 0 Å². The van der Waals surface area contributed by atoms with E-state index in [0.29, 0.717) is 0 Å². The molecule has 0 heterocycles. The van der Waals surface area contributed by atoms with E-state index in [1.165, 1.54) is 0 Å². The Morgan fingerprint density at radius 2 is 1.90 bits per heavy atom. The molecule has 0 N–H and O–H groups in total. The first kappa shape index (κ1) is 9.90. The molecule has 0 saturated heterocycles. The van der Waals surface area contributed by atoms with Crippen LogP contribution in [0.3, 0.4) is 0 Å². The van der Waals surface area contributed by atoms with E-state index in [-0.39, 0.29) is 4.29 Å². The predicted molar refractivity (Wildman–Crippen MR) is 57.8 cm³/mol. The number of rotatable bonds is 1. The van der Waals surface area contributed by atoms with Gasteiger partial charge in [-0.2, -0.15) is 0 Å². The largest absolute Gasteiger partial charge is 0.353 e. The zero-order valence-electron chi connectivity index (χ0n) is 5.56. The third-order valence-corrected chi connectivity index (χ3v) is 3.89. The Hall–Kier alpha value is -0.0951. The van der Waals surface area contributed by atoms with Gasteiger partial charge in [0.15, 0.2) is 0 Å². The van der Waals surface area contributed by atoms with Crippen molar-refractivity contribution >= 4 is 34.5 Å². The van der Waals surface area contributed by atoms with Crippen LogP contribution in [0.2, 0.25) is 0 Å². The molecule has 0 fully saturated rings. The third-order valence-electron chi connectivity index (χ3n) is 0.768. The minimum atomic E-state index is -0.755. The van der Waals surface area contributed by atoms with Crippen molar-refractivity contribution < 1.29 is 0 Å². The highest BCUT2D eigenvalue weighted by Gasteiger charge is 2.15. The van der Waals surface area contributed by atoms with Gasteiger partial charge in [0, 0.05) is 7.80 Å². The predicted octanol–water partition coefficient (Wildman–Crippen LogP) is 2.14. The quantitative estimate of drug-likeness (QED) is 0.292. The minimum Gasteiger partial charge on any atom is -0.132 e. The standard InChI is InChI=1S/C7H5BIP/c1-4-7-8(9)10(5-2)6-3/h2-3H,1H3. The Labute approximate surface area is 77.2 Å². The van der Waals surface area contributed by atoms with Crippen LogP contribution in [0.1, 0.15) is 6.92 Å². The Morgan fingerprint density at radius 3 is 2.20 bits per heavy atom. The lowest BCUT2D eigenvalue weighted by Gasteiger charge is -1.98. The number of hydrogen-bond acceptors (Lipinski definition) is 0. The van der Waals surface area contributed by atoms with Gasteiger partial charge in [-0.25, -0.2) is 0 Å². The van der Waals surface area contributed by atoms with Crippen LogP contribution in [-0.2, 0) is 0 Å². The van der Waals surface area contributed by atoms with Crippen molar-refractivity contribution in [3.63, 3.8) is 0 Å². The smallest absolute Gasteiger partial charge is 0.132 e. The maximum absolute atomic E-state index is 5.18. The monoisotopic (exact) mass is 258 g/mol. The van der Waals surface area contributed by atoms with Gasteiger partial charge in [0.1, 0.15) is 0 Å². The Kier molecular flexibility index (Phi) is 5.62. The highest BCUT2D eigenvalue weighted by Crippen LogP contribution is 2.38. The summed E-state index contributed by atoms with van der Waals surface area (Å²) in [7, 11) is -0.755. The molecule has 0 aliphatic carbocycles. The van der Waals surface area contributed by atoms with Gasteiger partial charge in [0.05, 0.1) is 0 Å². The van der Waals surface area contributed by atoms with Crippen LogP contribution in [0.4, 0.5) is 0 Å². The third kappa shape index (κ3) is 3.17. The molecule has 0 spiro atoms. The number of halogens is 1. The van der Waals surface area contributed by atoms with E-state index in [9.17, 15) is 0 Å². The molecular weight excluding hydrogens is 253 g/mol. The summed E-state index contributed by atoms with van der Waals surface area (Å²) in [6, 6.07) is 0. The fourth-order valence-electron chi connectivity index (χ4n) is 0.352. The molecule has 3 heteroatoms. The molecule has 48 valence electrons. The lowest BCUT2D eigenvalue weighted by Crippen LogP contribution is -1.93. The van der Waals surface area contributed by atoms with Crippen molar-refractivity contribution in [1.29, 1.82) is 0 Å². The van der Waals surface area contributed by atoms with Crippen molar-refractivity contribution in [2.75, 3.05) is 0 Å². The second-order valence-electron chi connectivity index (χ2n) is 1.36. The lowest BCUT2D eigenvalue weighted by molar-refractivity contribution is 1.93. The van der Waals surface area contributed by atoms with Crippen molar-refractivity contribution in [1.82, 2.24) is 0 Å². The van der Waals surface area contributed by atoms with Gasteiger partial charge in [-0.05, 0) is 6.92 Å². The van der Waals surface area contributed by atoms with Crippen molar-refractivity contribution in [3.8, 4) is 35.9 Å². The molecule has 0 atom stereocenters. The Balaban J connectivity index is 4.18. The molecular formula is C7H5BIP. The summed E-state index contributed by atoms with van der Waals surface area (Å²) in [5, 5.41) is 0. The van der Waals surface area contributed by atoms with Crippen LogP contribution in [0.5, 0.6) is 0 Å². The number of terminal acetylenes is 2. The van der Waals surface area contributed by atoms with Crippen LogP contribution >= 0.6 is 30.2 Å². The summed E-state index contributed by atoms with van der Waals surface area (Å²) in [5.41, 5.74) is 5.11. The average Bonchev–Trinajstić information content (AvgIpc) is 1.91. The molecule has 0 aromatic carbocycles. The zero-order chi connectivity index (χ0) is 7.98. The molecule has 0 radical (unpaired) electrons. The van der Waals surface area contributed by atoms with E-state index in [1.54, 1.807) is 6.92 Å².